The monoisotopic (exact) mass is 320 g/mol. The molecule has 1 aromatic heterocycles. The highest BCUT2D eigenvalue weighted by Crippen LogP contribution is 2.32. The van der Waals surface area contributed by atoms with Crippen molar-refractivity contribution in [3.05, 3.63) is 70.1 Å². The molecule has 0 amide bonds. The van der Waals surface area contributed by atoms with Gasteiger partial charge in [-0.1, -0.05) is 40.2 Å². The van der Waals surface area contributed by atoms with Gasteiger partial charge in [0.25, 0.3) is 0 Å². The predicted molar refractivity (Wildman–Crippen MR) is 74.4 cm³/mol. The van der Waals surface area contributed by atoms with Crippen molar-refractivity contribution in [1.29, 1.82) is 0 Å². The van der Waals surface area contributed by atoms with Crippen LogP contribution in [0.3, 0.4) is 0 Å². The number of hydrogen-bond acceptors (Lipinski definition) is 2. The molecule has 0 aliphatic carbocycles. The summed E-state index contributed by atoms with van der Waals surface area (Å²) in [5.41, 5.74) is 1.29. The van der Waals surface area contributed by atoms with Gasteiger partial charge in [0.05, 0.1) is 0 Å². The Morgan fingerprint density at radius 1 is 1.11 bits per heavy atom. The Morgan fingerprint density at radius 2 is 1.89 bits per heavy atom. The van der Waals surface area contributed by atoms with E-state index in [4.69, 9.17) is 4.42 Å². The zero-order valence-electron chi connectivity index (χ0n) is 9.81. The quantitative estimate of drug-likeness (QED) is 0.758. The number of furan rings is 1. The molecule has 2 nitrogen and oxygen atoms in total. The SMILES string of the molecule is OC(c1cc2ccccc2o1)c1ccc(F)cc1Br. The van der Waals surface area contributed by atoms with E-state index in [-0.39, 0.29) is 5.82 Å². The van der Waals surface area contributed by atoms with Crippen molar-refractivity contribution in [3.63, 3.8) is 0 Å². The fourth-order valence-electron chi connectivity index (χ4n) is 2.01. The molecule has 1 atom stereocenters. The van der Waals surface area contributed by atoms with Crippen molar-refractivity contribution in [2.75, 3.05) is 0 Å². The summed E-state index contributed by atoms with van der Waals surface area (Å²) in [5, 5.41) is 11.2. The molecule has 0 spiro atoms. The Balaban J connectivity index is 2.05. The lowest BCUT2D eigenvalue weighted by Gasteiger charge is -2.10. The lowest BCUT2D eigenvalue weighted by molar-refractivity contribution is 0.191. The van der Waals surface area contributed by atoms with Gasteiger partial charge in [-0.15, -0.1) is 0 Å². The van der Waals surface area contributed by atoms with Gasteiger partial charge in [-0.05, 0) is 24.3 Å². The van der Waals surface area contributed by atoms with Crippen LogP contribution in [0.15, 0.2) is 57.4 Å². The average Bonchev–Trinajstić information content (AvgIpc) is 2.81. The normalized spacial score (nSPS) is 12.8. The van der Waals surface area contributed by atoms with Gasteiger partial charge in [-0.2, -0.15) is 0 Å². The number of rotatable bonds is 2. The van der Waals surface area contributed by atoms with E-state index >= 15 is 0 Å². The molecule has 1 unspecified atom stereocenters. The number of aliphatic hydroxyl groups excluding tert-OH is 1. The first kappa shape index (κ1) is 12.4. The third kappa shape index (κ3) is 2.29. The highest BCUT2D eigenvalue weighted by atomic mass is 79.9. The molecule has 1 heterocycles. The molecule has 19 heavy (non-hydrogen) atoms. The molecular formula is C15H10BrFO2. The minimum atomic E-state index is -0.928. The smallest absolute Gasteiger partial charge is 0.138 e. The molecule has 0 bridgehead atoms. The Bertz CT molecular complexity index is 703. The number of halogens is 2. The minimum Gasteiger partial charge on any atom is -0.458 e. The van der Waals surface area contributed by atoms with E-state index < -0.39 is 6.10 Å². The van der Waals surface area contributed by atoms with Crippen molar-refractivity contribution in [3.8, 4) is 0 Å². The van der Waals surface area contributed by atoms with Crippen molar-refractivity contribution in [2.45, 2.75) is 6.10 Å². The summed E-state index contributed by atoms with van der Waals surface area (Å²) in [6.07, 6.45) is -0.928. The van der Waals surface area contributed by atoms with E-state index in [0.717, 1.165) is 11.0 Å². The largest absolute Gasteiger partial charge is 0.458 e. The van der Waals surface area contributed by atoms with Crippen LogP contribution in [0.5, 0.6) is 0 Å². The van der Waals surface area contributed by atoms with Crippen molar-refractivity contribution >= 4 is 26.9 Å². The molecule has 0 fully saturated rings. The third-order valence-corrected chi connectivity index (χ3v) is 3.66. The van der Waals surface area contributed by atoms with Crippen LogP contribution in [0.4, 0.5) is 4.39 Å². The van der Waals surface area contributed by atoms with E-state index in [9.17, 15) is 9.50 Å². The molecule has 1 N–H and O–H groups in total. The van der Waals surface area contributed by atoms with Gasteiger partial charge < -0.3 is 9.52 Å². The highest BCUT2D eigenvalue weighted by molar-refractivity contribution is 9.10. The standard InChI is InChI=1S/C15H10BrFO2/c16-12-8-10(17)5-6-11(12)15(18)14-7-9-3-1-2-4-13(9)19-14/h1-8,15,18H. The van der Waals surface area contributed by atoms with Gasteiger partial charge >= 0.3 is 0 Å². The van der Waals surface area contributed by atoms with Gasteiger partial charge in [0.2, 0.25) is 0 Å². The van der Waals surface area contributed by atoms with Crippen molar-refractivity contribution in [1.82, 2.24) is 0 Å². The fraction of sp³-hybridized carbons (Fsp3) is 0.0667. The van der Waals surface area contributed by atoms with E-state index in [2.05, 4.69) is 15.9 Å². The molecular weight excluding hydrogens is 311 g/mol. The first-order valence-electron chi connectivity index (χ1n) is 5.76. The Morgan fingerprint density at radius 3 is 2.63 bits per heavy atom. The molecule has 96 valence electrons. The maximum atomic E-state index is 13.0. The predicted octanol–water partition coefficient (Wildman–Crippen LogP) is 4.42. The second kappa shape index (κ2) is 4.79. The van der Waals surface area contributed by atoms with Gasteiger partial charge in [0.1, 0.15) is 23.3 Å². The first-order chi connectivity index (χ1) is 9.15. The second-order valence-electron chi connectivity index (χ2n) is 4.25. The molecule has 2 aromatic carbocycles. The molecule has 0 saturated carbocycles. The van der Waals surface area contributed by atoms with Crippen molar-refractivity contribution < 1.29 is 13.9 Å². The van der Waals surface area contributed by atoms with Crippen LogP contribution in [0.1, 0.15) is 17.4 Å². The summed E-state index contributed by atoms with van der Waals surface area (Å²) in [7, 11) is 0. The Hall–Kier alpha value is -1.65. The molecule has 0 radical (unpaired) electrons. The molecule has 0 aliphatic rings. The molecule has 3 rings (SSSR count). The number of hydrogen-bond donors (Lipinski definition) is 1. The summed E-state index contributed by atoms with van der Waals surface area (Å²) >= 11 is 3.25. The van der Waals surface area contributed by atoms with Crippen LogP contribution in [-0.2, 0) is 0 Å². The van der Waals surface area contributed by atoms with Crippen LogP contribution in [-0.4, -0.2) is 5.11 Å². The fourth-order valence-corrected chi connectivity index (χ4v) is 2.58. The van der Waals surface area contributed by atoms with Gasteiger partial charge in [-0.3, -0.25) is 0 Å². The van der Waals surface area contributed by atoms with Crippen molar-refractivity contribution in [2.24, 2.45) is 0 Å². The zero-order chi connectivity index (χ0) is 13.4. The van der Waals surface area contributed by atoms with Gasteiger partial charge in [0, 0.05) is 15.4 Å². The van der Waals surface area contributed by atoms with Crippen LogP contribution in [0, 0.1) is 5.82 Å². The molecule has 0 aliphatic heterocycles. The number of fused-ring (bicyclic) bond motifs is 1. The number of aliphatic hydroxyl groups is 1. The van der Waals surface area contributed by atoms with E-state index in [1.54, 1.807) is 6.07 Å². The summed E-state index contributed by atoms with van der Waals surface area (Å²) in [6.45, 7) is 0. The number of benzene rings is 2. The van der Waals surface area contributed by atoms with Gasteiger partial charge in [0.15, 0.2) is 0 Å². The summed E-state index contributed by atoms with van der Waals surface area (Å²) in [5.74, 6) is 0.0842. The zero-order valence-corrected chi connectivity index (χ0v) is 11.4. The van der Waals surface area contributed by atoms with Crippen LogP contribution in [0.25, 0.3) is 11.0 Å². The Labute approximate surface area is 117 Å². The lowest BCUT2D eigenvalue weighted by atomic mass is 10.1. The van der Waals surface area contributed by atoms with Crippen LogP contribution < -0.4 is 0 Å². The maximum Gasteiger partial charge on any atom is 0.138 e. The molecule has 4 heteroatoms. The number of para-hydroxylation sites is 1. The Kier molecular flexibility index (Phi) is 3.12. The molecule has 0 saturated heterocycles. The highest BCUT2D eigenvalue weighted by Gasteiger charge is 2.18. The maximum absolute atomic E-state index is 13.0. The van der Waals surface area contributed by atoms with Crippen LogP contribution in [0.2, 0.25) is 0 Å². The van der Waals surface area contributed by atoms with Crippen LogP contribution >= 0.6 is 15.9 Å². The minimum absolute atomic E-state index is 0.354. The third-order valence-electron chi connectivity index (χ3n) is 2.97. The summed E-state index contributed by atoms with van der Waals surface area (Å²) in [4.78, 5) is 0. The van der Waals surface area contributed by atoms with E-state index in [0.29, 0.717) is 15.8 Å². The topological polar surface area (TPSA) is 33.4 Å². The molecule has 3 aromatic rings. The summed E-state index contributed by atoms with van der Waals surface area (Å²) < 4.78 is 19.2. The van der Waals surface area contributed by atoms with E-state index in [1.165, 1.54) is 18.2 Å². The second-order valence-corrected chi connectivity index (χ2v) is 5.11. The lowest BCUT2D eigenvalue weighted by Crippen LogP contribution is -1.99. The van der Waals surface area contributed by atoms with E-state index in [1.807, 2.05) is 24.3 Å². The summed E-state index contributed by atoms with van der Waals surface area (Å²) in [6, 6.07) is 13.5. The first-order valence-corrected chi connectivity index (χ1v) is 6.56. The average molecular weight is 321 g/mol. The van der Waals surface area contributed by atoms with Gasteiger partial charge in [-0.25, -0.2) is 4.39 Å².